The Morgan fingerprint density at radius 3 is 2.93 bits per heavy atom. The van der Waals surface area contributed by atoms with Crippen molar-refractivity contribution in [3.05, 3.63) is 32.6 Å². The second-order valence-corrected chi connectivity index (χ2v) is 3.59. The lowest BCUT2D eigenvalue weighted by Crippen LogP contribution is -1.92. The number of phenols is 1. The van der Waals surface area contributed by atoms with Crippen LogP contribution in [-0.2, 0) is 6.42 Å². The molecular formula is C9H10BrN3O2. The van der Waals surface area contributed by atoms with E-state index in [4.69, 9.17) is 10.3 Å². The topological polar surface area (TPSA) is 78.2 Å². The number of halogens is 1. The number of ether oxygens (including phenoxy) is 1. The maximum atomic E-state index is 9.66. The van der Waals surface area contributed by atoms with Gasteiger partial charge in [0.25, 0.3) is 0 Å². The fraction of sp³-hybridized carbons (Fsp3) is 0.333. The molecule has 0 aliphatic heterocycles. The first-order valence-corrected chi connectivity index (χ1v) is 5.05. The number of hydrogen-bond acceptors (Lipinski definition) is 3. The van der Waals surface area contributed by atoms with E-state index in [0.29, 0.717) is 23.2 Å². The maximum absolute atomic E-state index is 9.66. The summed E-state index contributed by atoms with van der Waals surface area (Å²) in [6.45, 7) is 0.362. The van der Waals surface area contributed by atoms with Gasteiger partial charge in [0.05, 0.1) is 11.6 Å². The summed E-state index contributed by atoms with van der Waals surface area (Å²) in [4.78, 5) is 2.66. The van der Waals surface area contributed by atoms with E-state index in [2.05, 4.69) is 26.0 Å². The van der Waals surface area contributed by atoms with E-state index in [1.54, 1.807) is 6.07 Å². The van der Waals surface area contributed by atoms with Crippen molar-refractivity contribution in [2.75, 3.05) is 13.7 Å². The molecule has 1 aromatic carbocycles. The van der Waals surface area contributed by atoms with Crippen LogP contribution in [0.1, 0.15) is 5.56 Å². The van der Waals surface area contributed by atoms with E-state index in [1.807, 2.05) is 6.07 Å². The molecule has 1 aromatic rings. The monoisotopic (exact) mass is 271 g/mol. The Bertz CT molecular complexity index is 403. The number of benzene rings is 1. The van der Waals surface area contributed by atoms with Crippen LogP contribution in [0.5, 0.6) is 11.5 Å². The van der Waals surface area contributed by atoms with Gasteiger partial charge in [0, 0.05) is 11.5 Å². The first-order chi connectivity index (χ1) is 7.20. The zero-order valence-electron chi connectivity index (χ0n) is 8.14. The number of nitrogens with zero attached hydrogens (tertiary/aromatic N) is 3. The zero-order chi connectivity index (χ0) is 11.3. The summed E-state index contributed by atoms with van der Waals surface area (Å²) >= 11 is 3.26. The lowest BCUT2D eigenvalue weighted by atomic mass is 10.1. The number of rotatable bonds is 4. The van der Waals surface area contributed by atoms with Crippen molar-refractivity contribution < 1.29 is 9.84 Å². The minimum atomic E-state index is 0.0657. The third-order valence-corrected chi connectivity index (χ3v) is 2.81. The van der Waals surface area contributed by atoms with Crippen LogP contribution < -0.4 is 4.74 Å². The lowest BCUT2D eigenvalue weighted by molar-refractivity contribution is 0.371. The van der Waals surface area contributed by atoms with Crippen LogP contribution in [0.25, 0.3) is 10.4 Å². The Morgan fingerprint density at radius 1 is 1.60 bits per heavy atom. The number of methoxy groups -OCH3 is 1. The smallest absolute Gasteiger partial charge is 0.172 e. The predicted octanol–water partition coefficient (Wildman–Crippen LogP) is 3.02. The number of phenolic OH excluding ortho intramolecular Hbond substituents is 1. The van der Waals surface area contributed by atoms with Crippen molar-refractivity contribution in [1.82, 2.24) is 0 Å². The summed E-state index contributed by atoms with van der Waals surface area (Å²) in [5.74, 6) is 0.477. The summed E-state index contributed by atoms with van der Waals surface area (Å²) in [6.07, 6.45) is 0.572. The van der Waals surface area contributed by atoms with Crippen molar-refractivity contribution in [3.63, 3.8) is 0 Å². The molecule has 6 heteroatoms. The molecular weight excluding hydrogens is 262 g/mol. The highest BCUT2D eigenvalue weighted by molar-refractivity contribution is 9.10. The molecule has 1 rings (SSSR count). The molecule has 0 heterocycles. The van der Waals surface area contributed by atoms with Gasteiger partial charge < -0.3 is 9.84 Å². The van der Waals surface area contributed by atoms with E-state index in [9.17, 15) is 5.11 Å². The van der Waals surface area contributed by atoms with Gasteiger partial charge in [0.2, 0.25) is 0 Å². The fourth-order valence-corrected chi connectivity index (χ4v) is 1.69. The lowest BCUT2D eigenvalue weighted by Gasteiger charge is -2.08. The van der Waals surface area contributed by atoms with Gasteiger partial charge in [-0.3, -0.25) is 0 Å². The first-order valence-electron chi connectivity index (χ1n) is 4.26. The van der Waals surface area contributed by atoms with Gasteiger partial charge in [-0.05, 0) is 39.5 Å². The molecule has 0 fully saturated rings. The molecule has 0 atom stereocenters. The van der Waals surface area contributed by atoms with E-state index < -0.39 is 0 Å². The maximum Gasteiger partial charge on any atom is 0.172 e. The van der Waals surface area contributed by atoms with Crippen molar-refractivity contribution in [3.8, 4) is 11.5 Å². The summed E-state index contributed by atoms with van der Waals surface area (Å²) in [5, 5.41) is 13.1. The molecule has 0 spiro atoms. The number of hydrogen-bond donors (Lipinski definition) is 1. The molecule has 0 saturated heterocycles. The van der Waals surface area contributed by atoms with Crippen LogP contribution >= 0.6 is 15.9 Å². The zero-order valence-corrected chi connectivity index (χ0v) is 9.73. The van der Waals surface area contributed by atoms with Crippen molar-refractivity contribution >= 4 is 15.9 Å². The third-order valence-electron chi connectivity index (χ3n) is 1.92. The minimum Gasteiger partial charge on any atom is -0.503 e. The Hall–Kier alpha value is -1.39. The second kappa shape index (κ2) is 5.48. The number of azide groups is 1. The summed E-state index contributed by atoms with van der Waals surface area (Å²) in [7, 11) is 1.49. The summed E-state index contributed by atoms with van der Waals surface area (Å²) in [6, 6.07) is 3.49. The highest BCUT2D eigenvalue weighted by Gasteiger charge is 2.09. The van der Waals surface area contributed by atoms with E-state index in [1.165, 1.54) is 7.11 Å². The highest BCUT2D eigenvalue weighted by Crippen LogP contribution is 2.36. The third kappa shape index (κ3) is 2.78. The van der Waals surface area contributed by atoms with Gasteiger partial charge in [-0.25, -0.2) is 0 Å². The molecule has 15 heavy (non-hydrogen) atoms. The molecule has 1 N–H and O–H groups in total. The van der Waals surface area contributed by atoms with Gasteiger partial charge in [-0.2, -0.15) is 0 Å². The summed E-state index contributed by atoms with van der Waals surface area (Å²) in [5.41, 5.74) is 9.00. The molecule has 80 valence electrons. The molecule has 0 aliphatic carbocycles. The van der Waals surface area contributed by atoms with Crippen LogP contribution in [0.2, 0.25) is 0 Å². The van der Waals surface area contributed by atoms with Gasteiger partial charge in [0.15, 0.2) is 11.5 Å². The normalized spacial score (nSPS) is 9.47. The quantitative estimate of drug-likeness (QED) is 0.519. The standard InChI is InChI=1S/C9H10BrN3O2/c1-15-7-3-2-6(4-5-12-13-11)8(10)9(7)14/h2-3,14H,4-5H2,1H3. The Balaban J connectivity index is 2.91. The van der Waals surface area contributed by atoms with Crippen molar-refractivity contribution in [1.29, 1.82) is 0 Å². The molecule has 0 aromatic heterocycles. The average Bonchev–Trinajstić information content (AvgIpc) is 2.25. The van der Waals surface area contributed by atoms with Gasteiger partial charge in [0.1, 0.15) is 0 Å². The van der Waals surface area contributed by atoms with E-state index in [-0.39, 0.29) is 5.75 Å². The Morgan fingerprint density at radius 2 is 2.33 bits per heavy atom. The Kier molecular flexibility index (Phi) is 4.27. The average molecular weight is 272 g/mol. The summed E-state index contributed by atoms with van der Waals surface area (Å²) < 4.78 is 5.52. The molecule has 0 bridgehead atoms. The second-order valence-electron chi connectivity index (χ2n) is 2.79. The van der Waals surface area contributed by atoms with Gasteiger partial charge >= 0.3 is 0 Å². The van der Waals surface area contributed by atoms with Crippen molar-refractivity contribution in [2.45, 2.75) is 6.42 Å². The molecule has 0 saturated carbocycles. The van der Waals surface area contributed by atoms with Crippen LogP contribution in [-0.4, -0.2) is 18.8 Å². The van der Waals surface area contributed by atoms with Crippen LogP contribution in [0.3, 0.4) is 0 Å². The van der Waals surface area contributed by atoms with Crippen LogP contribution in [0, 0.1) is 0 Å². The molecule has 0 aliphatic rings. The largest absolute Gasteiger partial charge is 0.503 e. The van der Waals surface area contributed by atoms with E-state index >= 15 is 0 Å². The predicted molar refractivity (Wildman–Crippen MR) is 60.1 cm³/mol. The van der Waals surface area contributed by atoms with Gasteiger partial charge in [-0.15, -0.1) is 0 Å². The van der Waals surface area contributed by atoms with Gasteiger partial charge in [-0.1, -0.05) is 11.2 Å². The molecule has 0 unspecified atom stereocenters. The molecule has 5 nitrogen and oxygen atoms in total. The number of aromatic hydroxyl groups is 1. The Labute approximate surface area is 95.4 Å². The fourth-order valence-electron chi connectivity index (χ4n) is 1.16. The SMILES string of the molecule is COc1ccc(CCN=[N+]=[N-])c(Br)c1O. The molecule has 0 radical (unpaired) electrons. The minimum absolute atomic E-state index is 0.0657. The van der Waals surface area contributed by atoms with Crippen LogP contribution in [0.4, 0.5) is 0 Å². The highest BCUT2D eigenvalue weighted by atomic mass is 79.9. The molecule has 0 amide bonds. The van der Waals surface area contributed by atoms with Crippen LogP contribution in [0.15, 0.2) is 21.7 Å². The van der Waals surface area contributed by atoms with E-state index in [0.717, 1.165) is 5.56 Å². The first kappa shape index (κ1) is 11.7. The van der Waals surface area contributed by atoms with Crippen molar-refractivity contribution in [2.24, 2.45) is 5.11 Å².